The molecule has 0 fully saturated rings. The lowest BCUT2D eigenvalue weighted by Gasteiger charge is -2.23. The summed E-state index contributed by atoms with van der Waals surface area (Å²) in [5, 5.41) is 3.38. The highest BCUT2D eigenvalue weighted by atomic mass is 14.9. The zero-order chi connectivity index (χ0) is 10.4. The molecular weight excluding hydrogens is 172 g/mol. The molecule has 0 aliphatic rings. The largest absolute Gasteiger partial charge is 0.316 e. The van der Waals surface area contributed by atoms with Gasteiger partial charge in [0.2, 0.25) is 0 Å². The summed E-state index contributed by atoms with van der Waals surface area (Å²) in [6.45, 7) is 4.50. The van der Waals surface area contributed by atoms with E-state index < -0.39 is 0 Å². The molecular formula is C12H20N2. The minimum absolute atomic E-state index is 0.558. The van der Waals surface area contributed by atoms with E-state index in [0.29, 0.717) is 12.0 Å². The van der Waals surface area contributed by atoms with Gasteiger partial charge in [0.05, 0.1) is 0 Å². The van der Waals surface area contributed by atoms with E-state index in [1.165, 1.54) is 18.4 Å². The van der Waals surface area contributed by atoms with Gasteiger partial charge in [-0.05, 0) is 37.1 Å². The van der Waals surface area contributed by atoms with Crippen LogP contribution in [0, 0.1) is 0 Å². The second kappa shape index (κ2) is 5.76. The van der Waals surface area contributed by atoms with Crippen LogP contribution in [0.3, 0.4) is 0 Å². The van der Waals surface area contributed by atoms with Crippen molar-refractivity contribution in [1.29, 1.82) is 0 Å². The van der Waals surface area contributed by atoms with Gasteiger partial charge in [-0.3, -0.25) is 4.98 Å². The third kappa shape index (κ3) is 2.81. The first-order chi connectivity index (χ1) is 6.79. The fourth-order valence-corrected chi connectivity index (χ4v) is 1.85. The number of rotatable bonds is 5. The standard InChI is InChI=1S/C12H20N2/c1-4-5-12(13-3)10(2)11-6-8-14-9-7-11/h6-10,12-13H,4-5H2,1-3H3. The first kappa shape index (κ1) is 11.2. The van der Waals surface area contributed by atoms with Crippen LogP contribution < -0.4 is 5.32 Å². The predicted molar refractivity (Wildman–Crippen MR) is 60.4 cm³/mol. The summed E-state index contributed by atoms with van der Waals surface area (Å²) < 4.78 is 0. The highest BCUT2D eigenvalue weighted by Crippen LogP contribution is 2.20. The molecule has 1 rings (SSSR count). The van der Waals surface area contributed by atoms with Gasteiger partial charge in [-0.25, -0.2) is 0 Å². The zero-order valence-corrected chi connectivity index (χ0v) is 9.33. The molecule has 0 aliphatic heterocycles. The Hall–Kier alpha value is -0.890. The maximum Gasteiger partial charge on any atom is 0.0270 e. The summed E-state index contributed by atoms with van der Waals surface area (Å²) in [5.41, 5.74) is 1.37. The molecule has 0 amide bonds. The highest BCUT2D eigenvalue weighted by molar-refractivity contribution is 5.16. The molecule has 78 valence electrons. The van der Waals surface area contributed by atoms with Gasteiger partial charge >= 0.3 is 0 Å². The molecule has 2 nitrogen and oxygen atoms in total. The van der Waals surface area contributed by atoms with Crippen LogP contribution >= 0.6 is 0 Å². The summed E-state index contributed by atoms with van der Waals surface area (Å²) in [7, 11) is 2.04. The van der Waals surface area contributed by atoms with E-state index in [1.54, 1.807) is 0 Å². The maximum atomic E-state index is 4.04. The molecule has 1 N–H and O–H groups in total. The van der Waals surface area contributed by atoms with Gasteiger partial charge in [0.15, 0.2) is 0 Å². The van der Waals surface area contributed by atoms with Crippen LogP contribution in [0.4, 0.5) is 0 Å². The van der Waals surface area contributed by atoms with E-state index in [9.17, 15) is 0 Å². The SMILES string of the molecule is CCCC(NC)C(C)c1ccncc1. The Morgan fingerprint density at radius 2 is 2.00 bits per heavy atom. The van der Waals surface area contributed by atoms with E-state index in [2.05, 4.69) is 36.3 Å². The van der Waals surface area contributed by atoms with Gasteiger partial charge in [-0.1, -0.05) is 20.3 Å². The van der Waals surface area contributed by atoms with Gasteiger partial charge < -0.3 is 5.32 Å². The Morgan fingerprint density at radius 1 is 1.36 bits per heavy atom. The average molecular weight is 192 g/mol. The molecule has 0 saturated carbocycles. The summed E-state index contributed by atoms with van der Waals surface area (Å²) in [6, 6.07) is 4.78. The van der Waals surface area contributed by atoms with Crippen molar-refractivity contribution in [2.45, 2.75) is 38.6 Å². The minimum Gasteiger partial charge on any atom is -0.316 e. The van der Waals surface area contributed by atoms with E-state index in [4.69, 9.17) is 0 Å². The predicted octanol–water partition coefficient (Wildman–Crippen LogP) is 2.57. The molecule has 2 heteroatoms. The van der Waals surface area contributed by atoms with Gasteiger partial charge in [-0.15, -0.1) is 0 Å². The monoisotopic (exact) mass is 192 g/mol. The highest BCUT2D eigenvalue weighted by Gasteiger charge is 2.15. The Balaban J connectivity index is 2.67. The fourth-order valence-electron chi connectivity index (χ4n) is 1.85. The molecule has 0 aromatic carbocycles. The van der Waals surface area contributed by atoms with Crippen molar-refractivity contribution >= 4 is 0 Å². The minimum atomic E-state index is 0.558. The Morgan fingerprint density at radius 3 is 2.50 bits per heavy atom. The normalized spacial score (nSPS) is 15.1. The molecule has 0 radical (unpaired) electrons. The molecule has 0 saturated heterocycles. The van der Waals surface area contributed by atoms with Crippen LogP contribution in [0.25, 0.3) is 0 Å². The van der Waals surface area contributed by atoms with Gasteiger partial charge in [0, 0.05) is 18.4 Å². The molecule has 0 aliphatic carbocycles. The van der Waals surface area contributed by atoms with Crippen molar-refractivity contribution in [3.63, 3.8) is 0 Å². The fraction of sp³-hybridized carbons (Fsp3) is 0.583. The molecule has 2 atom stereocenters. The number of likely N-dealkylation sites (N-methyl/N-ethyl adjacent to an activating group) is 1. The first-order valence-corrected chi connectivity index (χ1v) is 5.36. The topological polar surface area (TPSA) is 24.9 Å². The Labute approximate surface area is 86.8 Å². The molecule has 0 bridgehead atoms. The molecule has 14 heavy (non-hydrogen) atoms. The lowest BCUT2D eigenvalue weighted by molar-refractivity contribution is 0.451. The summed E-state index contributed by atoms with van der Waals surface area (Å²) in [4.78, 5) is 4.04. The van der Waals surface area contributed by atoms with Crippen LogP contribution in [-0.4, -0.2) is 18.1 Å². The number of hydrogen-bond acceptors (Lipinski definition) is 2. The molecule has 2 unspecified atom stereocenters. The van der Waals surface area contributed by atoms with Crippen molar-refractivity contribution < 1.29 is 0 Å². The van der Waals surface area contributed by atoms with Crippen LogP contribution in [0.1, 0.15) is 38.2 Å². The molecule has 1 heterocycles. The van der Waals surface area contributed by atoms with Crippen molar-refractivity contribution in [1.82, 2.24) is 10.3 Å². The second-order valence-corrected chi connectivity index (χ2v) is 3.75. The van der Waals surface area contributed by atoms with Gasteiger partial charge in [0.25, 0.3) is 0 Å². The number of aromatic nitrogens is 1. The van der Waals surface area contributed by atoms with Crippen molar-refractivity contribution in [2.75, 3.05) is 7.05 Å². The maximum absolute atomic E-state index is 4.04. The van der Waals surface area contributed by atoms with Crippen LogP contribution in [0.5, 0.6) is 0 Å². The van der Waals surface area contributed by atoms with Crippen LogP contribution in [0.15, 0.2) is 24.5 Å². The van der Waals surface area contributed by atoms with E-state index >= 15 is 0 Å². The van der Waals surface area contributed by atoms with Crippen LogP contribution in [0.2, 0.25) is 0 Å². The number of nitrogens with one attached hydrogen (secondary N) is 1. The Bertz CT molecular complexity index is 246. The van der Waals surface area contributed by atoms with Crippen molar-refractivity contribution in [3.8, 4) is 0 Å². The number of nitrogens with zero attached hydrogens (tertiary/aromatic N) is 1. The molecule has 0 spiro atoms. The summed E-state index contributed by atoms with van der Waals surface area (Å²) in [6.07, 6.45) is 6.18. The molecule has 1 aromatic heterocycles. The Kier molecular flexibility index (Phi) is 4.60. The zero-order valence-electron chi connectivity index (χ0n) is 9.33. The lowest BCUT2D eigenvalue weighted by atomic mass is 9.91. The summed E-state index contributed by atoms with van der Waals surface area (Å²) >= 11 is 0. The van der Waals surface area contributed by atoms with Crippen LogP contribution in [-0.2, 0) is 0 Å². The third-order valence-electron chi connectivity index (χ3n) is 2.81. The first-order valence-electron chi connectivity index (χ1n) is 5.36. The van der Waals surface area contributed by atoms with Crippen molar-refractivity contribution in [3.05, 3.63) is 30.1 Å². The number of hydrogen-bond donors (Lipinski definition) is 1. The smallest absolute Gasteiger partial charge is 0.0270 e. The quantitative estimate of drug-likeness (QED) is 0.775. The lowest BCUT2D eigenvalue weighted by Crippen LogP contribution is -2.30. The average Bonchev–Trinajstić information content (AvgIpc) is 2.26. The van der Waals surface area contributed by atoms with E-state index in [0.717, 1.165) is 0 Å². The van der Waals surface area contributed by atoms with E-state index in [1.807, 2.05) is 19.4 Å². The van der Waals surface area contributed by atoms with E-state index in [-0.39, 0.29) is 0 Å². The van der Waals surface area contributed by atoms with Crippen molar-refractivity contribution in [2.24, 2.45) is 0 Å². The number of pyridine rings is 1. The third-order valence-corrected chi connectivity index (χ3v) is 2.81. The van der Waals surface area contributed by atoms with Gasteiger partial charge in [-0.2, -0.15) is 0 Å². The van der Waals surface area contributed by atoms with Gasteiger partial charge in [0.1, 0.15) is 0 Å². The molecule has 1 aromatic rings. The summed E-state index contributed by atoms with van der Waals surface area (Å²) in [5.74, 6) is 0.558. The second-order valence-electron chi connectivity index (χ2n) is 3.75.